The standard InChI is InChI=1S/C13H25N3O/c1-4-6-7-8-9-13(3)11(14)15-12(17)16(13)10-5-2/h4-10H2,1-3H3,(H2,14,15,17). The van der Waals surface area contributed by atoms with Crippen LogP contribution in [-0.2, 0) is 0 Å². The van der Waals surface area contributed by atoms with Crippen LogP contribution in [0.2, 0.25) is 0 Å². The maximum absolute atomic E-state index is 11.7. The lowest BCUT2D eigenvalue weighted by atomic mass is 9.91. The predicted molar refractivity (Wildman–Crippen MR) is 71.2 cm³/mol. The molecule has 0 aliphatic carbocycles. The molecule has 1 aliphatic heterocycles. The van der Waals surface area contributed by atoms with Crippen LogP contribution in [0.25, 0.3) is 0 Å². The molecule has 1 aliphatic rings. The SMILES string of the molecule is CCCCCCC1(C)C(N)=NC(=O)N1CCC. The number of amidine groups is 1. The van der Waals surface area contributed by atoms with Crippen molar-refractivity contribution in [2.24, 2.45) is 10.7 Å². The molecule has 0 saturated carbocycles. The van der Waals surface area contributed by atoms with Crippen LogP contribution in [0.5, 0.6) is 0 Å². The molecule has 98 valence electrons. The van der Waals surface area contributed by atoms with Gasteiger partial charge in [0, 0.05) is 6.54 Å². The number of carbonyl (C=O) groups is 1. The lowest BCUT2D eigenvalue weighted by Gasteiger charge is -2.34. The van der Waals surface area contributed by atoms with Gasteiger partial charge in [0.25, 0.3) is 0 Å². The molecule has 17 heavy (non-hydrogen) atoms. The Labute approximate surface area is 104 Å². The number of hydrogen-bond acceptors (Lipinski definition) is 2. The largest absolute Gasteiger partial charge is 0.385 e. The second kappa shape index (κ2) is 6.03. The van der Waals surface area contributed by atoms with E-state index in [2.05, 4.69) is 18.8 Å². The summed E-state index contributed by atoms with van der Waals surface area (Å²) in [6.07, 6.45) is 6.64. The van der Waals surface area contributed by atoms with E-state index in [4.69, 9.17) is 5.73 Å². The quantitative estimate of drug-likeness (QED) is 0.694. The van der Waals surface area contributed by atoms with Gasteiger partial charge in [-0.3, -0.25) is 0 Å². The van der Waals surface area contributed by atoms with E-state index >= 15 is 0 Å². The molecular weight excluding hydrogens is 214 g/mol. The monoisotopic (exact) mass is 239 g/mol. The van der Waals surface area contributed by atoms with E-state index in [1.165, 1.54) is 19.3 Å². The summed E-state index contributed by atoms with van der Waals surface area (Å²) in [4.78, 5) is 17.5. The molecule has 2 amide bonds. The molecule has 4 nitrogen and oxygen atoms in total. The summed E-state index contributed by atoms with van der Waals surface area (Å²) in [5, 5.41) is 0. The number of rotatable bonds is 7. The fourth-order valence-corrected chi connectivity index (χ4v) is 2.36. The lowest BCUT2D eigenvalue weighted by Crippen LogP contribution is -2.52. The number of aliphatic imine (C=N–C) groups is 1. The normalized spacial score (nSPS) is 24.3. The van der Waals surface area contributed by atoms with Gasteiger partial charge in [-0.2, -0.15) is 4.99 Å². The first kappa shape index (κ1) is 14.0. The number of nitrogens with zero attached hydrogens (tertiary/aromatic N) is 2. The first-order valence-electron chi connectivity index (χ1n) is 6.72. The molecule has 1 rings (SSSR count). The van der Waals surface area contributed by atoms with Gasteiger partial charge in [-0.1, -0.05) is 39.5 Å². The van der Waals surface area contributed by atoms with Gasteiger partial charge in [0.15, 0.2) is 0 Å². The molecule has 2 N–H and O–H groups in total. The second-order valence-corrected chi connectivity index (χ2v) is 5.02. The lowest BCUT2D eigenvalue weighted by molar-refractivity contribution is 0.171. The summed E-state index contributed by atoms with van der Waals surface area (Å²) in [6, 6.07) is -0.164. The third kappa shape index (κ3) is 2.99. The Balaban J connectivity index is 2.62. The minimum Gasteiger partial charge on any atom is -0.385 e. The van der Waals surface area contributed by atoms with Crippen molar-refractivity contribution in [2.45, 2.75) is 64.8 Å². The highest BCUT2D eigenvalue weighted by Crippen LogP contribution is 2.29. The van der Waals surface area contributed by atoms with Crippen molar-refractivity contribution in [3.63, 3.8) is 0 Å². The molecule has 1 unspecified atom stereocenters. The van der Waals surface area contributed by atoms with Crippen LogP contribution in [0.3, 0.4) is 0 Å². The Morgan fingerprint density at radius 2 is 1.94 bits per heavy atom. The van der Waals surface area contributed by atoms with Crippen LogP contribution < -0.4 is 5.73 Å². The Bertz CT molecular complexity index is 301. The van der Waals surface area contributed by atoms with E-state index < -0.39 is 0 Å². The van der Waals surface area contributed by atoms with Crippen molar-refractivity contribution in [3.05, 3.63) is 0 Å². The summed E-state index contributed by atoms with van der Waals surface area (Å²) in [5.41, 5.74) is 5.58. The van der Waals surface area contributed by atoms with E-state index in [0.29, 0.717) is 5.84 Å². The molecule has 4 heteroatoms. The number of amides is 2. The Morgan fingerprint density at radius 3 is 2.53 bits per heavy atom. The van der Waals surface area contributed by atoms with Gasteiger partial charge in [0.1, 0.15) is 5.84 Å². The van der Waals surface area contributed by atoms with E-state index in [9.17, 15) is 4.79 Å². The van der Waals surface area contributed by atoms with Crippen LogP contribution in [-0.4, -0.2) is 28.9 Å². The second-order valence-electron chi connectivity index (χ2n) is 5.02. The summed E-state index contributed by atoms with van der Waals surface area (Å²) < 4.78 is 0. The highest BCUT2D eigenvalue weighted by molar-refractivity contribution is 6.05. The van der Waals surface area contributed by atoms with Crippen LogP contribution in [0.4, 0.5) is 4.79 Å². The van der Waals surface area contributed by atoms with Gasteiger partial charge in [-0.15, -0.1) is 0 Å². The molecule has 1 heterocycles. The molecule has 0 aromatic rings. The van der Waals surface area contributed by atoms with Gasteiger partial charge in [0.2, 0.25) is 0 Å². The predicted octanol–water partition coefficient (Wildman–Crippen LogP) is 2.92. The summed E-state index contributed by atoms with van der Waals surface area (Å²) >= 11 is 0. The van der Waals surface area contributed by atoms with Crippen LogP contribution in [0.1, 0.15) is 59.3 Å². The number of carbonyl (C=O) groups excluding carboxylic acids is 1. The molecule has 0 aromatic heterocycles. The Morgan fingerprint density at radius 1 is 1.24 bits per heavy atom. The zero-order chi connectivity index (χ0) is 12.9. The fraction of sp³-hybridized carbons (Fsp3) is 0.846. The van der Waals surface area contributed by atoms with Gasteiger partial charge in [-0.25, -0.2) is 4.79 Å². The van der Waals surface area contributed by atoms with Crippen molar-refractivity contribution < 1.29 is 4.79 Å². The summed E-state index contributed by atoms with van der Waals surface area (Å²) in [6.45, 7) is 7.05. The average molecular weight is 239 g/mol. The molecular formula is C13H25N3O. The smallest absolute Gasteiger partial charge is 0.346 e. The van der Waals surface area contributed by atoms with Crippen molar-refractivity contribution in [1.29, 1.82) is 0 Å². The van der Waals surface area contributed by atoms with E-state index in [-0.39, 0.29) is 11.6 Å². The maximum atomic E-state index is 11.7. The first-order chi connectivity index (χ1) is 8.06. The third-order valence-electron chi connectivity index (χ3n) is 3.56. The summed E-state index contributed by atoms with van der Waals surface area (Å²) in [5.74, 6) is 0.493. The number of urea groups is 1. The highest BCUT2D eigenvalue weighted by atomic mass is 16.2. The van der Waals surface area contributed by atoms with Gasteiger partial charge < -0.3 is 10.6 Å². The van der Waals surface area contributed by atoms with Crippen LogP contribution in [0.15, 0.2) is 4.99 Å². The molecule has 0 bridgehead atoms. The van der Waals surface area contributed by atoms with Crippen molar-refractivity contribution in [3.8, 4) is 0 Å². The van der Waals surface area contributed by atoms with Crippen molar-refractivity contribution in [1.82, 2.24) is 4.90 Å². The van der Waals surface area contributed by atoms with E-state index in [1.54, 1.807) is 0 Å². The van der Waals surface area contributed by atoms with Gasteiger partial charge in [-0.05, 0) is 19.8 Å². The molecule has 0 spiro atoms. The molecule has 0 radical (unpaired) electrons. The Hall–Kier alpha value is -1.06. The van der Waals surface area contributed by atoms with Gasteiger partial charge in [0.05, 0.1) is 5.54 Å². The van der Waals surface area contributed by atoms with E-state index in [0.717, 1.165) is 25.8 Å². The zero-order valence-electron chi connectivity index (χ0n) is 11.3. The Kier molecular flexibility index (Phi) is 4.97. The minimum absolute atomic E-state index is 0.164. The van der Waals surface area contributed by atoms with Crippen LogP contribution in [0, 0.1) is 0 Å². The molecule has 0 aromatic carbocycles. The third-order valence-corrected chi connectivity index (χ3v) is 3.56. The van der Waals surface area contributed by atoms with Crippen molar-refractivity contribution in [2.75, 3.05) is 6.54 Å². The number of unbranched alkanes of at least 4 members (excludes halogenated alkanes) is 3. The fourth-order valence-electron chi connectivity index (χ4n) is 2.36. The first-order valence-corrected chi connectivity index (χ1v) is 6.72. The number of hydrogen-bond donors (Lipinski definition) is 1. The highest BCUT2D eigenvalue weighted by Gasteiger charge is 2.43. The number of nitrogens with two attached hydrogens (primary N) is 1. The molecule has 0 saturated heterocycles. The maximum Gasteiger partial charge on any atom is 0.346 e. The zero-order valence-corrected chi connectivity index (χ0v) is 11.3. The minimum atomic E-state index is -0.346. The topological polar surface area (TPSA) is 58.7 Å². The van der Waals surface area contributed by atoms with E-state index in [1.807, 2.05) is 11.8 Å². The van der Waals surface area contributed by atoms with Gasteiger partial charge >= 0.3 is 6.03 Å². The average Bonchev–Trinajstić information content (AvgIpc) is 2.50. The van der Waals surface area contributed by atoms with Crippen molar-refractivity contribution >= 4 is 11.9 Å². The summed E-state index contributed by atoms with van der Waals surface area (Å²) in [7, 11) is 0. The van der Waals surface area contributed by atoms with Crippen LogP contribution >= 0.6 is 0 Å². The molecule has 1 atom stereocenters. The molecule has 0 fully saturated rings.